The van der Waals surface area contributed by atoms with E-state index >= 15 is 0 Å². The van der Waals surface area contributed by atoms with Crippen LogP contribution in [0.4, 0.5) is 0 Å². The number of nitrogens with zero attached hydrogens (tertiary/aromatic N) is 1. The predicted molar refractivity (Wildman–Crippen MR) is 121 cm³/mol. The minimum absolute atomic E-state index is 0.0325. The first-order valence-corrected chi connectivity index (χ1v) is 12.6. The van der Waals surface area contributed by atoms with Gasteiger partial charge in [0.25, 0.3) is 0 Å². The van der Waals surface area contributed by atoms with Gasteiger partial charge in [0.05, 0.1) is 10.9 Å². The summed E-state index contributed by atoms with van der Waals surface area (Å²) < 4.78 is 23.2. The van der Waals surface area contributed by atoms with Crippen molar-refractivity contribution in [2.75, 3.05) is 19.3 Å². The number of carbonyl (C=O) groups is 1. The van der Waals surface area contributed by atoms with Crippen LogP contribution in [0.1, 0.15) is 36.9 Å². The highest BCUT2D eigenvalue weighted by molar-refractivity contribution is 7.90. The minimum Gasteiger partial charge on any atom is -0.349 e. The summed E-state index contributed by atoms with van der Waals surface area (Å²) in [6, 6.07) is 12.0. The topological polar surface area (TPSA) is 66.5 Å². The highest BCUT2D eigenvalue weighted by atomic mass is 35.5. The van der Waals surface area contributed by atoms with Crippen molar-refractivity contribution in [3.8, 4) is 0 Å². The van der Waals surface area contributed by atoms with Crippen LogP contribution in [0.25, 0.3) is 0 Å². The molecule has 0 radical (unpaired) electrons. The van der Waals surface area contributed by atoms with Gasteiger partial charge >= 0.3 is 0 Å². The van der Waals surface area contributed by atoms with Crippen LogP contribution in [-0.2, 0) is 21.2 Å². The van der Waals surface area contributed by atoms with Crippen molar-refractivity contribution in [2.45, 2.75) is 37.2 Å². The second-order valence-corrected chi connectivity index (χ2v) is 10.7. The van der Waals surface area contributed by atoms with Crippen LogP contribution in [0.15, 0.2) is 47.4 Å². The van der Waals surface area contributed by atoms with Gasteiger partial charge in [0.1, 0.15) is 0 Å². The lowest BCUT2D eigenvalue weighted by Gasteiger charge is -2.32. The molecule has 2 aromatic rings. The summed E-state index contributed by atoms with van der Waals surface area (Å²) >= 11 is 12.5. The number of likely N-dealkylation sites (tertiary alicyclic amines) is 1. The zero-order chi connectivity index (χ0) is 21.9. The van der Waals surface area contributed by atoms with Crippen molar-refractivity contribution in [3.63, 3.8) is 0 Å². The van der Waals surface area contributed by atoms with E-state index in [4.69, 9.17) is 23.2 Å². The van der Waals surface area contributed by atoms with Gasteiger partial charge in [0.2, 0.25) is 5.91 Å². The number of hydrogen-bond acceptors (Lipinski definition) is 4. The maximum atomic E-state index is 12.7. The Kier molecular flexibility index (Phi) is 7.45. The maximum Gasteiger partial charge on any atom is 0.223 e. The average molecular weight is 469 g/mol. The molecule has 162 valence electrons. The zero-order valence-electron chi connectivity index (χ0n) is 17.1. The molecule has 1 amide bonds. The molecule has 1 saturated heterocycles. The maximum absolute atomic E-state index is 12.7. The van der Waals surface area contributed by atoms with E-state index < -0.39 is 9.84 Å². The molecule has 1 heterocycles. The molecule has 3 rings (SSSR count). The van der Waals surface area contributed by atoms with Gasteiger partial charge in [-0.2, -0.15) is 0 Å². The Morgan fingerprint density at radius 2 is 1.67 bits per heavy atom. The Morgan fingerprint density at radius 3 is 2.20 bits per heavy atom. The Morgan fingerprint density at radius 1 is 1.10 bits per heavy atom. The SMILES string of the molecule is C[C@@H](NC(=O)C1CCN(Cc2c(Cl)cccc2Cl)CC1)c1ccc(S(C)(=O)=O)cc1. The molecular formula is C22H26Cl2N2O3S. The fourth-order valence-corrected chi connectivity index (χ4v) is 4.83. The molecular weight excluding hydrogens is 443 g/mol. The Labute approximate surface area is 188 Å². The molecule has 30 heavy (non-hydrogen) atoms. The minimum atomic E-state index is -3.23. The molecule has 1 aliphatic rings. The Hall–Kier alpha value is -1.60. The van der Waals surface area contributed by atoms with Gasteiger partial charge in [-0.1, -0.05) is 41.4 Å². The summed E-state index contributed by atoms with van der Waals surface area (Å²) in [6.45, 7) is 4.19. The van der Waals surface area contributed by atoms with Crippen LogP contribution in [0.3, 0.4) is 0 Å². The predicted octanol–water partition coefficient (Wildman–Crippen LogP) is 4.49. The van der Waals surface area contributed by atoms with Crippen LogP contribution in [0, 0.1) is 5.92 Å². The second kappa shape index (κ2) is 9.69. The molecule has 8 heteroatoms. The number of rotatable bonds is 6. The number of carbonyl (C=O) groups excluding carboxylic acids is 1. The van der Waals surface area contributed by atoms with E-state index in [9.17, 15) is 13.2 Å². The van der Waals surface area contributed by atoms with Crippen LogP contribution < -0.4 is 5.32 Å². The smallest absolute Gasteiger partial charge is 0.223 e. The van der Waals surface area contributed by atoms with E-state index in [1.165, 1.54) is 6.26 Å². The van der Waals surface area contributed by atoms with E-state index in [1.54, 1.807) is 24.3 Å². The highest BCUT2D eigenvalue weighted by Crippen LogP contribution is 2.28. The summed E-state index contributed by atoms with van der Waals surface area (Å²) in [4.78, 5) is 15.3. The third kappa shape index (κ3) is 5.76. The van der Waals surface area contributed by atoms with Crippen molar-refractivity contribution in [2.24, 2.45) is 5.92 Å². The fourth-order valence-electron chi connectivity index (χ4n) is 3.68. The van der Waals surface area contributed by atoms with Crippen LogP contribution >= 0.6 is 23.2 Å². The lowest BCUT2D eigenvalue weighted by Crippen LogP contribution is -2.41. The molecule has 1 atom stereocenters. The summed E-state index contributed by atoms with van der Waals surface area (Å²) in [5.74, 6) is -0.00849. The van der Waals surface area contributed by atoms with E-state index in [1.807, 2.05) is 25.1 Å². The zero-order valence-corrected chi connectivity index (χ0v) is 19.4. The molecule has 2 aromatic carbocycles. The molecule has 5 nitrogen and oxygen atoms in total. The molecule has 0 saturated carbocycles. The van der Waals surface area contributed by atoms with Crippen molar-refractivity contribution in [1.82, 2.24) is 10.2 Å². The van der Waals surface area contributed by atoms with Crippen molar-refractivity contribution in [1.29, 1.82) is 0 Å². The number of halogens is 2. The second-order valence-electron chi connectivity index (χ2n) is 7.82. The molecule has 1 N–H and O–H groups in total. The van der Waals surface area contributed by atoms with E-state index in [2.05, 4.69) is 10.2 Å². The number of nitrogens with one attached hydrogen (secondary N) is 1. The quantitative estimate of drug-likeness (QED) is 0.677. The molecule has 0 aliphatic carbocycles. The molecule has 1 aliphatic heterocycles. The average Bonchev–Trinajstić information content (AvgIpc) is 2.70. The summed E-state index contributed by atoms with van der Waals surface area (Å²) in [7, 11) is -3.23. The first-order valence-electron chi connectivity index (χ1n) is 9.91. The van der Waals surface area contributed by atoms with Gasteiger partial charge < -0.3 is 5.32 Å². The summed E-state index contributed by atoms with van der Waals surface area (Å²) in [5, 5.41) is 4.39. The van der Waals surface area contributed by atoms with Crippen molar-refractivity contribution < 1.29 is 13.2 Å². The molecule has 0 bridgehead atoms. The first-order chi connectivity index (χ1) is 14.1. The van der Waals surface area contributed by atoms with Gasteiger partial charge in [0, 0.05) is 34.3 Å². The largest absolute Gasteiger partial charge is 0.349 e. The van der Waals surface area contributed by atoms with E-state index in [0.717, 1.165) is 37.1 Å². The third-order valence-electron chi connectivity index (χ3n) is 5.57. The number of amides is 1. The van der Waals surface area contributed by atoms with Gasteiger partial charge in [-0.3, -0.25) is 9.69 Å². The van der Waals surface area contributed by atoms with Crippen LogP contribution in [-0.4, -0.2) is 38.6 Å². The molecule has 0 unspecified atom stereocenters. The first kappa shape index (κ1) is 23.1. The number of sulfone groups is 1. The lowest BCUT2D eigenvalue weighted by molar-refractivity contribution is -0.127. The third-order valence-corrected chi connectivity index (χ3v) is 7.41. The Balaban J connectivity index is 1.52. The van der Waals surface area contributed by atoms with E-state index in [-0.39, 0.29) is 22.8 Å². The van der Waals surface area contributed by atoms with Gasteiger partial charge in [-0.05, 0) is 62.7 Å². The molecule has 0 aromatic heterocycles. The lowest BCUT2D eigenvalue weighted by atomic mass is 9.95. The Bertz CT molecular complexity index is 981. The monoisotopic (exact) mass is 468 g/mol. The fraction of sp³-hybridized carbons (Fsp3) is 0.409. The standard InChI is InChI=1S/C22H26Cl2N2O3S/c1-15(16-6-8-18(9-7-16)30(2,28)29)25-22(27)17-10-12-26(13-11-17)14-19-20(23)4-3-5-21(19)24/h3-9,15,17H,10-14H2,1-2H3,(H,25,27)/t15-/m1/s1. The van der Waals surface area contributed by atoms with Crippen LogP contribution in [0.2, 0.25) is 10.0 Å². The molecule has 1 fully saturated rings. The highest BCUT2D eigenvalue weighted by Gasteiger charge is 2.26. The van der Waals surface area contributed by atoms with Crippen molar-refractivity contribution >= 4 is 38.9 Å². The van der Waals surface area contributed by atoms with Gasteiger partial charge in [-0.15, -0.1) is 0 Å². The van der Waals surface area contributed by atoms with Crippen molar-refractivity contribution in [3.05, 3.63) is 63.6 Å². The van der Waals surface area contributed by atoms with Gasteiger partial charge in [-0.25, -0.2) is 8.42 Å². The van der Waals surface area contributed by atoms with Crippen LogP contribution in [0.5, 0.6) is 0 Å². The molecule has 0 spiro atoms. The normalized spacial score (nSPS) is 16.9. The van der Waals surface area contributed by atoms with Gasteiger partial charge in [0.15, 0.2) is 9.84 Å². The number of hydrogen-bond donors (Lipinski definition) is 1. The number of benzene rings is 2. The number of piperidine rings is 1. The summed E-state index contributed by atoms with van der Waals surface area (Å²) in [6.07, 6.45) is 2.72. The summed E-state index contributed by atoms with van der Waals surface area (Å²) in [5.41, 5.74) is 1.80. The van der Waals surface area contributed by atoms with E-state index in [0.29, 0.717) is 16.6 Å².